The van der Waals surface area contributed by atoms with Crippen LogP contribution < -0.4 is 10.6 Å². The second-order valence-corrected chi connectivity index (χ2v) is 6.21. The molecule has 3 rings (SSSR count). The lowest BCUT2D eigenvalue weighted by Crippen LogP contribution is -2.52. The molecule has 10 heteroatoms. The first-order valence-corrected chi connectivity index (χ1v) is 7.98. The van der Waals surface area contributed by atoms with Crippen molar-refractivity contribution in [3.05, 3.63) is 47.3 Å². The molecule has 2 aromatic rings. The van der Waals surface area contributed by atoms with Crippen molar-refractivity contribution in [1.82, 2.24) is 25.4 Å². The smallest absolute Gasteiger partial charge is 0.341 e. The van der Waals surface area contributed by atoms with E-state index in [1.54, 1.807) is 13.8 Å². The van der Waals surface area contributed by atoms with Gasteiger partial charge < -0.3 is 5.32 Å². The van der Waals surface area contributed by atoms with E-state index in [1.807, 2.05) is 0 Å². The number of benzene rings is 1. The van der Waals surface area contributed by atoms with Crippen molar-refractivity contribution < 1.29 is 22.4 Å². The fourth-order valence-corrected chi connectivity index (χ4v) is 2.87. The summed E-state index contributed by atoms with van der Waals surface area (Å²) < 4.78 is 53.6. The molecule has 0 aliphatic carbocycles. The molecule has 1 aliphatic rings. The maximum atomic E-state index is 14.2. The topological polar surface area (TPSA) is 71.8 Å². The number of hydrogen-bond acceptors (Lipinski definition) is 4. The van der Waals surface area contributed by atoms with Gasteiger partial charge >= 0.3 is 6.18 Å². The molecule has 0 radical (unpaired) electrons. The van der Waals surface area contributed by atoms with Gasteiger partial charge in [-0.3, -0.25) is 10.1 Å². The third kappa shape index (κ3) is 3.69. The summed E-state index contributed by atoms with van der Waals surface area (Å²) >= 11 is 0. The van der Waals surface area contributed by atoms with Gasteiger partial charge in [-0.1, -0.05) is 13.0 Å². The molecule has 0 bridgehead atoms. The maximum Gasteiger partial charge on any atom is 0.416 e. The Morgan fingerprint density at radius 3 is 2.69 bits per heavy atom. The number of rotatable bonds is 3. The number of aromatic nitrogens is 3. The van der Waals surface area contributed by atoms with Crippen LogP contribution in [0.4, 0.5) is 17.6 Å². The van der Waals surface area contributed by atoms with Crippen LogP contribution in [0.3, 0.4) is 0 Å². The van der Waals surface area contributed by atoms with Crippen LogP contribution in [-0.2, 0) is 11.0 Å². The average Bonchev–Trinajstić information content (AvgIpc) is 3.02. The minimum atomic E-state index is -4.60. The molecule has 6 nitrogen and oxygen atoms in total. The number of halogens is 4. The van der Waals surface area contributed by atoms with Crippen LogP contribution in [0.5, 0.6) is 0 Å². The summed E-state index contributed by atoms with van der Waals surface area (Å²) in [5.74, 6) is -1.50. The molecular formula is C16H17F4N5O. The van der Waals surface area contributed by atoms with E-state index in [4.69, 9.17) is 0 Å². The predicted molar refractivity (Wildman–Crippen MR) is 83.3 cm³/mol. The van der Waals surface area contributed by atoms with Crippen molar-refractivity contribution in [2.24, 2.45) is 0 Å². The predicted octanol–water partition coefficient (Wildman–Crippen LogP) is 2.54. The molecule has 1 aromatic carbocycles. The number of carbonyl (C=O) groups excluding carboxylic acids is 1. The highest BCUT2D eigenvalue weighted by molar-refractivity contribution is 5.77. The molecule has 1 amide bonds. The lowest BCUT2D eigenvalue weighted by atomic mass is 9.98. The first-order valence-electron chi connectivity index (χ1n) is 7.98. The zero-order chi connectivity index (χ0) is 19.1. The van der Waals surface area contributed by atoms with Gasteiger partial charge in [0.2, 0.25) is 5.91 Å². The molecule has 1 saturated heterocycles. The van der Waals surface area contributed by atoms with Gasteiger partial charge in [0, 0.05) is 5.92 Å². The average molecular weight is 371 g/mol. The van der Waals surface area contributed by atoms with Gasteiger partial charge in [0.1, 0.15) is 18.3 Å². The number of carbonyl (C=O) groups is 1. The highest BCUT2D eigenvalue weighted by Crippen LogP contribution is 2.32. The van der Waals surface area contributed by atoms with Crippen molar-refractivity contribution in [2.75, 3.05) is 0 Å². The highest BCUT2D eigenvalue weighted by atomic mass is 19.4. The minimum Gasteiger partial charge on any atom is -0.341 e. The van der Waals surface area contributed by atoms with Crippen LogP contribution in [0.15, 0.2) is 24.5 Å². The van der Waals surface area contributed by atoms with Crippen molar-refractivity contribution in [3.8, 4) is 0 Å². The molecule has 2 heterocycles. The molecule has 2 N–H and O–H groups in total. The van der Waals surface area contributed by atoms with Crippen LogP contribution >= 0.6 is 0 Å². The third-order valence-electron chi connectivity index (χ3n) is 4.23. The van der Waals surface area contributed by atoms with Gasteiger partial charge in [-0.15, -0.1) is 0 Å². The molecule has 1 aliphatic heterocycles. The first-order chi connectivity index (χ1) is 12.1. The van der Waals surface area contributed by atoms with E-state index in [9.17, 15) is 22.4 Å². The van der Waals surface area contributed by atoms with E-state index in [0.717, 1.165) is 12.1 Å². The van der Waals surface area contributed by atoms with E-state index in [0.29, 0.717) is 6.07 Å². The number of nitrogens with zero attached hydrogens (tertiary/aromatic N) is 3. The molecule has 1 fully saturated rings. The monoisotopic (exact) mass is 371 g/mol. The van der Waals surface area contributed by atoms with Crippen molar-refractivity contribution in [3.63, 3.8) is 0 Å². The molecular weight excluding hydrogens is 354 g/mol. The van der Waals surface area contributed by atoms with Crippen LogP contribution in [0.2, 0.25) is 0 Å². The zero-order valence-electron chi connectivity index (χ0n) is 14.0. The van der Waals surface area contributed by atoms with E-state index >= 15 is 0 Å². The van der Waals surface area contributed by atoms with Crippen molar-refractivity contribution in [1.29, 1.82) is 0 Å². The molecule has 3 atom stereocenters. The molecule has 26 heavy (non-hydrogen) atoms. The second-order valence-electron chi connectivity index (χ2n) is 6.21. The van der Waals surface area contributed by atoms with Crippen molar-refractivity contribution in [2.45, 2.75) is 44.7 Å². The third-order valence-corrected chi connectivity index (χ3v) is 4.23. The number of alkyl halides is 3. The summed E-state index contributed by atoms with van der Waals surface area (Å²) in [6.45, 7) is 3.39. The lowest BCUT2D eigenvalue weighted by Gasteiger charge is -2.29. The Bertz CT molecular complexity index is 819. The van der Waals surface area contributed by atoms with E-state index < -0.39 is 29.6 Å². The maximum absolute atomic E-state index is 14.2. The van der Waals surface area contributed by atoms with Gasteiger partial charge in [0.25, 0.3) is 0 Å². The number of hydrogen-bond donors (Lipinski definition) is 2. The normalized spacial score (nSPS) is 22.2. The Morgan fingerprint density at radius 2 is 2.08 bits per heavy atom. The minimum absolute atomic E-state index is 0.0680. The molecule has 0 spiro atoms. The Morgan fingerprint density at radius 1 is 1.35 bits per heavy atom. The molecule has 0 saturated carbocycles. The van der Waals surface area contributed by atoms with Crippen LogP contribution in [0.25, 0.3) is 0 Å². The fourth-order valence-electron chi connectivity index (χ4n) is 2.87. The summed E-state index contributed by atoms with van der Waals surface area (Å²) in [6, 6.07) is 2.40. The summed E-state index contributed by atoms with van der Waals surface area (Å²) in [5.41, 5.74) is -0.977. The zero-order valence-corrected chi connectivity index (χ0v) is 14.0. The summed E-state index contributed by atoms with van der Waals surface area (Å²) in [4.78, 5) is 15.7. The standard InChI is InChI=1S/C16H17F4N5O/c1-8(11-4-3-10(5-12(11)17)16(18,19)20)15-21-7-25(24-15)13-6-14(26)23-9(2)22-13/h3-5,7-9,13,22H,6H2,1-2H3,(H,23,26)/t8-,9?,13?/m0/s1. The largest absolute Gasteiger partial charge is 0.416 e. The SMILES string of the molecule is CC1NC(=O)CC(n2cnc([C@@H](C)c3ccc(C(F)(F)F)cc3F)n2)N1. The first kappa shape index (κ1) is 18.3. The summed E-state index contributed by atoms with van der Waals surface area (Å²) in [5, 5.41) is 10.1. The van der Waals surface area contributed by atoms with Crippen LogP contribution in [-0.4, -0.2) is 26.8 Å². The van der Waals surface area contributed by atoms with Gasteiger partial charge in [0.05, 0.1) is 18.2 Å². The molecule has 1 aromatic heterocycles. The van der Waals surface area contributed by atoms with Gasteiger partial charge in [-0.25, -0.2) is 14.1 Å². The molecule has 140 valence electrons. The highest BCUT2D eigenvalue weighted by Gasteiger charge is 2.32. The lowest BCUT2D eigenvalue weighted by molar-refractivity contribution is -0.137. The number of nitrogens with one attached hydrogen (secondary N) is 2. The summed E-state index contributed by atoms with van der Waals surface area (Å²) in [7, 11) is 0. The molecule has 2 unspecified atom stereocenters. The number of amides is 1. The fraction of sp³-hybridized carbons (Fsp3) is 0.438. The Hall–Kier alpha value is -2.49. The Labute approximate surface area is 146 Å². The second kappa shape index (κ2) is 6.67. The van der Waals surface area contributed by atoms with Gasteiger partial charge in [0.15, 0.2) is 5.82 Å². The summed E-state index contributed by atoms with van der Waals surface area (Å²) in [6.07, 6.45) is -3.66. The van der Waals surface area contributed by atoms with E-state index in [-0.39, 0.29) is 29.9 Å². The van der Waals surface area contributed by atoms with Crippen molar-refractivity contribution >= 4 is 5.91 Å². The van der Waals surface area contributed by atoms with Crippen LogP contribution in [0, 0.1) is 5.82 Å². The van der Waals surface area contributed by atoms with Crippen LogP contribution in [0.1, 0.15) is 49.3 Å². The van der Waals surface area contributed by atoms with Gasteiger partial charge in [-0.05, 0) is 24.6 Å². The quantitative estimate of drug-likeness (QED) is 0.814. The van der Waals surface area contributed by atoms with E-state index in [1.165, 1.54) is 11.0 Å². The van der Waals surface area contributed by atoms with Gasteiger partial charge in [-0.2, -0.15) is 18.3 Å². The Balaban J connectivity index is 1.82. The Kier molecular flexibility index (Phi) is 4.70. The van der Waals surface area contributed by atoms with E-state index in [2.05, 4.69) is 20.7 Å².